The maximum absolute atomic E-state index is 6.26. The number of halogens is 2. The van der Waals surface area contributed by atoms with Gasteiger partial charge in [-0.15, -0.1) is 0 Å². The molecule has 0 radical (unpaired) electrons. The van der Waals surface area contributed by atoms with Gasteiger partial charge in [-0.2, -0.15) is 0 Å². The first-order chi connectivity index (χ1) is 9.13. The minimum absolute atomic E-state index is 0.461. The lowest BCUT2D eigenvalue weighted by Crippen LogP contribution is -2.00. The van der Waals surface area contributed by atoms with Gasteiger partial charge >= 0.3 is 0 Å². The first kappa shape index (κ1) is 12.7. The summed E-state index contributed by atoms with van der Waals surface area (Å²) in [4.78, 5) is 8.76. The van der Waals surface area contributed by atoms with E-state index < -0.39 is 0 Å². The van der Waals surface area contributed by atoms with Crippen molar-refractivity contribution in [2.24, 2.45) is 0 Å². The molecule has 98 valence electrons. The summed E-state index contributed by atoms with van der Waals surface area (Å²) in [5.41, 5.74) is 1.85. The van der Waals surface area contributed by atoms with Crippen LogP contribution in [0, 0.1) is 6.92 Å². The van der Waals surface area contributed by atoms with Crippen LogP contribution in [-0.2, 0) is 0 Å². The zero-order valence-electron chi connectivity index (χ0n) is 10.5. The molecule has 19 heavy (non-hydrogen) atoms. The Morgan fingerprint density at radius 2 is 2.00 bits per heavy atom. The molecule has 1 heterocycles. The SMILES string of the molecule is Cc1cccc(Nc2cc(Cl)nc(C3CC3)n2)c1Cl. The van der Waals surface area contributed by atoms with E-state index in [-0.39, 0.29) is 0 Å². The van der Waals surface area contributed by atoms with E-state index in [9.17, 15) is 0 Å². The molecule has 1 saturated carbocycles. The van der Waals surface area contributed by atoms with Gasteiger partial charge in [0.25, 0.3) is 0 Å². The highest BCUT2D eigenvalue weighted by atomic mass is 35.5. The fourth-order valence-corrected chi connectivity index (χ4v) is 2.27. The molecule has 0 amide bonds. The van der Waals surface area contributed by atoms with Crippen molar-refractivity contribution in [2.75, 3.05) is 5.32 Å². The van der Waals surface area contributed by atoms with Gasteiger partial charge in [0.2, 0.25) is 0 Å². The summed E-state index contributed by atoms with van der Waals surface area (Å²) in [6.07, 6.45) is 2.29. The Labute approximate surface area is 122 Å². The molecule has 1 aromatic carbocycles. The van der Waals surface area contributed by atoms with Crippen LogP contribution in [0.15, 0.2) is 24.3 Å². The van der Waals surface area contributed by atoms with E-state index in [4.69, 9.17) is 23.2 Å². The van der Waals surface area contributed by atoms with Crippen LogP contribution in [0.5, 0.6) is 0 Å². The van der Waals surface area contributed by atoms with Gasteiger partial charge in [0.15, 0.2) is 0 Å². The highest BCUT2D eigenvalue weighted by Crippen LogP contribution is 2.39. The lowest BCUT2D eigenvalue weighted by molar-refractivity contribution is 0.931. The Bertz CT molecular complexity index is 624. The molecule has 1 aromatic heterocycles. The van der Waals surface area contributed by atoms with Crippen LogP contribution in [-0.4, -0.2) is 9.97 Å². The number of anilines is 2. The third-order valence-electron chi connectivity index (χ3n) is 3.11. The fourth-order valence-electron chi connectivity index (χ4n) is 1.91. The molecule has 3 nitrogen and oxygen atoms in total. The predicted octanol–water partition coefficient (Wildman–Crippen LogP) is 4.71. The Hall–Kier alpha value is -1.32. The van der Waals surface area contributed by atoms with Crippen molar-refractivity contribution < 1.29 is 0 Å². The predicted molar refractivity (Wildman–Crippen MR) is 78.5 cm³/mol. The normalized spacial score (nSPS) is 14.5. The van der Waals surface area contributed by atoms with Crippen LogP contribution in [0.2, 0.25) is 10.2 Å². The summed E-state index contributed by atoms with van der Waals surface area (Å²) in [6.45, 7) is 1.97. The topological polar surface area (TPSA) is 37.8 Å². The molecule has 1 aliphatic rings. The molecule has 0 bridgehead atoms. The zero-order chi connectivity index (χ0) is 13.4. The van der Waals surface area contributed by atoms with Crippen molar-refractivity contribution in [3.8, 4) is 0 Å². The van der Waals surface area contributed by atoms with E-state index in [0.29, 0.717) is 21.9 Å². The van der Waals surface area contributed by atoms with Crippen LogP contribution in [0.1, 0.15) is 30.1 Å². The largest absolute Gasteiger partial charge is 0.339 e. The molecule has 0 atom stereocenters. The molecule has 1 fully saturated rings. The van der Waals surface area contributed by atoms with Crippen molar-refractivity contribution in [1.82, 2.24) is 9.97 Å². The number of nitrogens with zero attached hydrogens (tertiary/aromatic N) is 2. The molecule has 0 saturated heterocycles. The van der Waals surface area contributed by atoms with Crippen LogP contribution < -0.4 is 5.32 Å². The average molecular weight is 294 g/mol. The number of aryl methyl sites for hydroxylation is 1. The first-order valence-electron chi connectivity index (χ1n) is 6.20. The Morgan fingerprint density at radius 1 is 1.21 bits per heavy atom. The van der Waals surface area contributed by atoms with E-state index in [0.717, 1.165) is 29.9 Å². The Balaban J connectivity index is 1.92. The highest BCUT2D eigenvalue weighted by Gasteiger charge is 2.27. The van der Waals surface area contributed by atoms with Gasteiger partial charge in [-0.3, -0.25) is 0 Å². The number of nitrogens with one attached hydrogen (secondary N) is 1. The van der Waals surface area contributed by atoms with Crippen LogP contribution >= 0.6 is 23.2 Å². The van der Waals surface area contributed by atoms with Gasteiger partial charge in [-0.05, 0) is 31.4 Å². The van der Waals surface area contributed by atoms with E-state index >= 15 is 0 Å². The molecule has 5 heteroatoms. The lowest BCUT2D eigenvalue weighted by atomic mass is 10.2. The zero-order valence-corrected chi connectivity index (χ0v) is 12.0. The summed E-state index contributed by atoms with van der Waals surface area (Å²) in [6, 6.07) is 7.55. The monoisotopic (exact) mass is 293 g/mol. The second kappa shape index (κ2) is 4.99. The number of benzene rings is 1. The number of aromatic nitrogens is 2. The highest BCUT2D eigenvalue weighted by molar-refractivity contribution is 6.34. The minimum atomic E-state index is 0.461. The fraction of sp³-hybridized carbons (Fsp3) is 0.286. The second-order valence-electron chi connectivity index (χ2n) is 4.77. The molecule has 0 aliphatic heterocycles. The minimum Gasteiger partial charge on any atom is -0.339 e. The van der Waals surface area contributed by atoms with E-state index in [2.05, 4.69) is 15.3 Å². The molecule has 0 spiro atoms. The molecular weight excluding hydrogens is 281 g/mol. The van der Waals surface area contributed by atoms with Crippen molar-refractivity contribution >= 4 is 34.7 Å². The van der Waals surface area contributed by atoms with Gasteiger partial charge in [-0.1, -0.05) is 35.3 Å². The molecule has 1 N–H and O–H groups in total. The van der Waals surface area contributed by atoms with E-state index in [1.807, 2.05) is 25.1 Å². The lowest BCUT2D eigenvalue weighted by Gasteiger charge is -2.10. The first-order valence-corrected chi connectivity index (χ1v) is 6.95. The van der Waals surface area contributed by atoms with Crippen LogP contribution in [0.3, 0.4) is 0 Å². The van der Waals surface area contributed by atoms with Gasteiger partial charge in [-0.25, -0.2) is 9.97 Å². The van der Waals surface area contributed by atoms with E-state index in [1.54, 1.807) is 6.07 Å². The maximum atomic E-state index is 6.26. The summed E-state index contributed by atoms with van der Waals surface area (Å²) in [5.74, 6) is 1.97. The Kier molecular flexibility index (Phi) is 3.33. The van der Waals surface area contributed by atoms with Gasteiger partial charge in [0.1, 0.15) is 16.8 Å². The smallest absolute Gasteiger partial charge is 0.135 e. The maximum Gasteiger partial charge on any atom is 0.135 e. The van der Waals surface area contributed by atoms with Gasteiger partial charge in [0.05, 0.1) is 10.7 Å². The summed E-state index contributed by atoms with van der Waals surface area (Å²) < 4.78 is 0. The van der Waals surface area contributed by atoms with Gasteiger partial charge in [0, 0.05) is 12.0 Å². The van der Waals surface area contributed by atoms with Crippen molar-refractivity contribution in [3.63, 3.8) is 0 Å². The third-order valence-corrected chi connectivity index (χ3v) is 3.80. The van der Waals surface area contributed by atoms with Crippen LogP contribution in [0.25, 0.3) is 0 Å². The van der Waals surface area contributed by atoms with Crippen molar-refractivity contribution in [2.45, 2.75) is 25.7 Å². The van der Waals surface area contributed by atoms with Crippen molar-refractivity contribution in [3.05, 3.63) is 45.8 Å². The Morgan fingerprint density at radius 3 is 2.74 bits per heavy atom. The van der Waals surface area contributed by atoms with Crippen molar-refractivity contribution in [1.29, 1.82) is 0 Å². The quantitative estimate of drug-likeness (QED) is 0.833. The summed E-state index contributed by atoms with van der Waals surface area (Å²) in [7, 11) is 0. The average Bonchev–Trinajstić information content (AvgIpc) is 3.18. The van der Waals surface area contributed by atoms with E-state index in [1.165, 1.54) is 0 Å². The number of hydrogen-bond acceptors (Lipinski definition) is 3. The van der Waals surface area contributed by atoms with Gasteiger partial charge < -0.3 is 5.32 Å². The molecule has 2 aromatic rings. The summed E-state index contributed by atoms with van der Waals surface area (Å²) in [5, 5.41) is 4.37. The number of rotatable bonds is 3. The molecular formula is C14H13Cl2N3. The molecule has 3 rings (SSSR count). The number of hydrogen-bond donors (Lipinski definition) is 1. The molecule has 1 aliphatic carbocycles. The molecule has 0 unspecified atom stereocenters. The van der Waals surface area contributed by atoms with Crippen LogP contribution in [0.4, 0.5) is 11.5 Å². The summed E-state index contributed by atoms with van der Waals surface area (Å²) >= 11 is 12.3. The third kappa shape index (κ3) is 2.82. The second-order valence-corrected chi connectivity index (χ2v) is 5.54. The standard InChI is InChI=1S/C14H13Cl2N3/c1-8-3-2-4-10(13(8)16)17-12-7-11(15)18-14(19-12)9-5-6-9/h2-4,7,9H,5-6H2,1H3,(H,17,18,19).